The van der Waals surface area contributed by atoms with E-state index >= 15 is 0 Å². The molecule has 1 aliphatic rings. The molecule has 2 heterocycles. The van der Waals surface area contributed by atoms with Crippen molar-refractivity contribution in [2.75, 3.05) is 26.2 Å². The van der Waals surface area contributed by atoms with E-state index in [1.54, 1.807) is 12.3 Å². The molecule has 0 radical (unpaired) electrons. The molecular weight excluding hydrogens is 246 g/mol. The van der Waals surface area contributed by atoms with Gasteiger partial charge in [0.15, 0.2) is 0 Å². The maximum absolute atomic E-state index is 11.8. The van der Waals surface area contributed by atoms with Gasteiger partial charge in [-0.1, -0.05) is 0 Å². The Balaban J connectivity index is 1.72. The standard InChI is InChI=1S/C13H21N3O3/c1-10(14)12-8-16(4-6-19-12)9-13(17)15-7-11-3-2-5-18-11/h2-3,5,10,12H,4,6-9,14H2,1H3,(H,15,17). The van der Waals surface area contributed by atoms with Crippen molar-refractivity contribution in [2.24, 2.45) is 5.73 Å². The van der Waals surface area contributed by atoms with Gasteiger partial charge in [-0.3, -0.25) is 9.69 Å². The highest BCUT2D eigenvalue weighted by molar-refractivity contribution is 5.77. The molecule has 6 nitrogen and oxygen atoms in total. The van der Waals surface area contributed by atoms with Crippen LogP contribution in [0.4, 0.5) is 0 Å². The SMILES string of the molecule is CC(N)C1CN(CC(=O)NCc2ccco2)CCO1. The largest absolute Gasteiger partial charge is 0.467 e. The summed E-state index contributed by atoms with van der Waals surface area (Å²) in [5.41, 5.74) is 5.82. The molecular formula is C13H21N3O3. The zero-order chi connectivity index (χ0) is 13.7. The molecule has 1 saturated heterocycles. The Morgan fingerprint density at radius 1 is 1.68 bits per heavy atom. The van der Waals surface area contributed by atoms with Crippen molar-refractivity contribution in [3.63, 3.8) is 0 Å². The second-order valence-electron chi connectivity index (χ2n) is 4.86. The number of morpholine rings is 1. The second kappa shape index (κ2) is 6.70. The molecule has 2 unspecified atom stereocenters. The molecule has 19 heavy (non-hydrogen) atoms. The number of nitrogens with one attached hydrogen (secondary N) is 1. The number of nitrogens with two attached hydrogens (primary N) is 1. The van der Waals surface area contributed by atoms with E-state index < -0.39 is 0 Å². The van der Waals surface area contributed by atoms with Crippen molar-refractivity contribution in [1.29, 1.82) is 0 Å². The Morgan fingerprint density at radius 3 is 3.21 bits per heavy atom. The minimum atomic E-state index is -0.0195. The third-order valence-corrected chi connectivity index (χ3v) is 3.17. The highest BCUT2D eigenvalue weighted by Crippen LogP contribution is 2.07. The highest BCUT2D eigenvalue weighted by atomic mass is 16.5. The van der Waals surface area contributed by atoms with Crippen LogP contribution in [0, 0.1) is 0 Å². The number of ether oxygens (including phenoxy) is 1. The van der Waals surface area contributed by atoms with Crippen LogP contribution in [0.1, 0.15) is 12.7 Å². The Bertz CT molecular complexity index is 392. The molecule has 0 bridgehead atoms. The fourth-order valence-electron chi connectivity index (χ4n) is 2.05. The molecule has 0 aliphatic carbocycles. The first kappa shape index (κ1) is 14.0. The van der Waals surface area contributed by atoms with Crippen molar-refractivity contribution in [3.8, 4) is 0 Å². The lowest BCUT2D eigenvalue weighted by Gasteiger charge is -2.34. The third-order valence-electron chi connectivity index (χ3n) is 3.17. The average Bonchev–Trinajstić information content (AvgIpc) is 2.90. The summed E-state index contributed by atoms with van der Waals surface area (Å²) in [5.74, 6) is 0.741. The first-order valence-electron chi connectivity index (χ1n) is 6.54. The predicted molar refractivity (Wildman–Crippen MR) is 70.4 cm³/mol. The van der Waals surface area contributed by atoms with Gasteiger partial charge < -0.3 is 20.2 Å². The fraction of sp³-hybridized carbons (Fsp3) is 0.615. The molecule has 2 atom stereocenters. The topological polar surface area (TPSA) is 80.7 Å². The van der Waals surface area contributed by atoms with Crippen LogP contribution in [-0.2, 0) is 16.1 Å². The van der Waals surface area contributed by atoms with Gasteiger partial charge in [0, 0.05) is 19.1 Å². The van der Waals surface area contributed by atoms with Crippen LogP contribution < -0.4 is 11.1 Å². The molecule has 106 valence electrons. The molecule has 3 N–H and O–H groups in total. The van der Waals surface area contributed by atoms with Gasteiger partial charge in [-0.25, -0.2) is 0 Å². The summed E-state index contributed by atoms with van der Waals surface area (Å²) >= 11 is 0. The molecule has 0 saturated carbocycles. The van der Waals surface area contributed by atoms with Crippen molar-refractivity contribution in [2.45, 2.75) is 25.6 Å². The molecule has 1 aromatic rings. The number of carbonyl (C=O) groups is 1. The summed E-state index contributed by atoms with van der Waals surface area (Å²) < 4.78 is 10.7. The van der Waals surface area contributed by atoms with Crippen LogP contribution in [0.5, 0.6) is 0 Å². The monoisotopic (exact) mass is 267 g/mol. The lowest BCUT2D eigenvalue weighted by molar-refractivity contribution is -0.124. The maximum atomic E-state index is 11.8. The lowest BCUT2D eigenvalue weighted by Crippen LogP contribution is -2.51. The van der Waals surface area contributed by atoms with Crippen molar-refractivity contribution < 1.29 is 13.9 Å². The number of nitrogens with zero attached hydrogens (tertiary/aromatic N) is 1. The number of furan rings is 1. The molecule has 2 rings (SSSR count). The molecule has 1 aliphatic heterocycles. The number of hydrogen-bond donors (Lipinski definition) is 2. The van der Waals surface area contributed by atoms with Gasteiger partial charge in [0.1, 0.15) is 5.76 Å². The van der Waals surface area contributed by atoms with Gasteiger partial charge in [-0.2, -0.15) is 0 Å². The zero-order valence-electron chi connectivity index (χ0n) is 11.2. The van der Waals surface area contributed by atoms with Crippen LogP contribution in [0.3, 0.4) is 0 Å². The molecule has 0 aromatic carbocycles. The Labute approximate surface area is 112 Å². The zero-order valence-corrected chi connectivity index (χ0v) is 11.2. The Hall–Kier alpha value is -1.37. The normalized spacial score (nSPS) is 22.1. The first-order chi connectivity index (χ1) is 9.15. The van der Waals surface area contributed by atoms with Gasteiger partial charge in [-0.05, 0) is 19.1 Å². The van der Waals surface area contributed by atoms with Crippen LogP contribution in [0.15, 0.2) is 22.8 Å². The summed E-state index contributed by atoms with van der Waals surface area (Å²) in [5, 5.41) is 2.83. The number of carbonyl (C=O) groups excluding carboxylic acids is 1. The van der Waals surface area contributed by atoms with E-state index in [4.69, 9.17) is 14.9 Å². The molecule has 0 spiro atoms. The fourth-order valence-corrected chi connectivity index (χ4v) is 2.05. The van der Waals surface area contributed by atoms with Gasteiger partial charge in [0.25, 0.3) is 0 Å². The quantitative estimate of drug-likeness (QED) is 0.781. The number of rotatable bonds is 5. The third kappa shape index (κ3) is 4.34. The molecule has 6 heteroatoms. The van der Waals surface area contributed by atoms with Crippen LogP contribution >= 0.6 is 0 Å². The predicted octanol–water partition coefficient (Wildman–Crippen LogP) is -0.0562. The van der Waals surface area contributed by atoms with Gasteiger partial charge in [-0.15, -0.1) is 0 Å². The highest BCUT2D eigenvalue weighted by Gasteiger charge is 2.24. The lowest BCUT2D eigenvalue weighted by atomic mass is 10.1. The van der Waals surface area contributed by atoms with Crippen molar-refractivity contribution in [1.82, 2.24) is 10.2 Å². The molecule has 1 amide bonds. The van der Waals surface area contributed by atoms with Crippen molar-refractivity contribution >= 4 is 5.91 Å². The average molecular weight is 267 g/mol. The van der Waals surface area contributed by atoms with Crippen molar-refractivity contribution in [3.05, 3.63) is 24.2 Å². The van der Waals surface area contributed by atoms with Gasteiger partial charge in [0.05, 0.1) is 32.1 Å². The maximum Gasteiger partial charge on any atom is 0.234 e. The van der Waals surface area contributed by atoms with Crippen LogP contribution in [-0.4, -0.2) is 49.2 Å². The molecule has 1 aromatic heterocycles. The van der Waals surface area contributed by atoms with Crippen LogP contribution in [0.25, 0.3) is 0 Å². The van der Waals surface area contributed by atoms with E-state index in [9.17, 15) is 4.79 Å². The minimum absolute atomic E-state index is 0.00613. The molecule has 1 fully saturated rings. The summed E-state index contributed by atoms with van der Waals surface area (Å²) in [7, 11) is 0. The Morgan fingerprint density at radius 2 is 2.53 bits per heavy atom. The summed E-state index contributed by atoms with van der Waals surface area (Å²) in [4.78, 5) is 13.9. The Kier molecular flexibility index (Phi) is 4.95. The van der Waals surface area contributed by atoms with E-state index in [1.807, 2.05) is 13.0 Å². The smallest absolute Gasteiger partial charge is 0.234 e. The van der Waals surface area contributed by atoms with E-state index in [1.165, 1.54) is 0 Å². The number of hydrogen-bond acceptors (Lipinski definition) is 5. The van der Waals surface area contributed by atoms with Gasteiger partial charge in [0.2, 0.25) is 5.91 Å². The van der Waals surface area contributed by atoms with Crippen LogP contribution in [0.2, 0.25) is 0 Å². The first-order valence-corrected chi connectivity index (χ1v) is 6.54. The van der Waals surface area contributed by atoms with E-state index in [0.717, 1.165) is 12.3 Å². The second-order valence-corrected chi connectivity index (χ2v) is 4.86. The van der Waals surface area contributed by atoms with E-state index in [0.29, 0.717) is 26.2 Å². The van der Waals surface area contributed by atoms with Gasteiger partial charge >= 0.3 is 0 Å². The minimum Gasteiger partial charge on any atom is -0.467 e. The van der Waals surface area contributed by atoms with E-state index in [2.05, 4.69) is 10.2 Å². The number of amides is 1. The summed E-state index contributed by atoms with van der Waals surface area (Å²) in [6.45, 7) is 4.80. The summed E-state index contributed by atoms with van der Waals surface area (Å²) in [6, 6.07) is 3.62. The summed E-state index contributed by atoms with van der Waals surface area (Å²) in [6.07, 6.45) is 1.60. The van der Waals surface area contributed by atoms with E-state index in [-0.39, 0.29) is 18.1 Å².